The Morgan fingerprint density at radius 2 is 2.08 bits per heavy atom. The molecule has 1 aromatic heterocycles. The van der Waals surface area contributed by atoms with Crippen LogP contribution < -0.4 is 10.6 Å². The van der Waals surface area contributed by atoms with E-state index in [4.69, 9.17) is 9.72 Å². The van der Waals surface area contributed by atoms with E-state index in [1.165, 1.54) is 62.1 Å². The summed E-state index contributed by atoms with van der Waals surface area (Å²) in [6, 6.07) is 1.20. The quantitative estimate of drug-likeness (QED) is 0.812. The van der Waals surface area contributed by atoms with Gasteiger partial charge in [-0.15, -0.1) is 11.3 Å². The lowest BCUT2D eigenvalue weighted by molar-refractivity contribution is 0.0526. The zero-order valence-corrected chi connectivity index (χ0v) is 16.2. The molecule has 3 unspecified atom stereocenters. The van der Waals surface area contributed by atoms with Crippen LogP contribution in [0.3, 0.4) is 0 Å². The standard InChI is InChI=1S/C20H33N3OS/c1-2-5-15(6-3-1)19-14-25-20(23-19)9-10-21-17-8-4-7-16(17)18-13-24-12-11-22-18/h14-18,21-22H,1-13H2. The highest BCUT2D eigenvalue weighted by Crippen LogP contribution is 2.33. The molecule has 3 atom stereocenters. The van der Waals surface area contributed by atoms with E-state index in [1.807, 2.05) is 11.3 Å². The van der Waals surface area contributed by atoms with E-state index in [1.54, 1.807) is 0 Å². The van der Waals surface area contributed by atoms with E-state index in [9.17, 15) is 0 Å². The summed E-state index contributed by atoms with van der Waals surface area (Å²) in [5, 5.41) is 11.1. The van der Waals surface area contributed by atoms with Crippen LogP contribution in [0.1, 0.15) is 68.0 Å². The van der Waals surface area contributed by atoms with Crippen molar-refractivity contribution in [3.05, 3.63) is 16.1 Å². The van der Waals surface area contributed by atoms with E-state index in [0.717, 1.165) is 44.6 Å². The number of aromatic nitrogens is 1. The van der Waals surface area contributed by atoms with Gasteiger partial charge in [0.1, 0.15) is 0 Å². The lowest BCUT2D eigenvalue weighted by Gasteiger charge is -2.33. The van der Waals surface area contributed by atoms with Crippen molar-refractivity contribution < 1.29 is 4.74 Å². The molecule has 0 aromatic carbocycles. The molecule has 1 aromatic rings. The summed E-state index contributed by atoms with van der Waals surface area (Å²) >= 11 is 1.87. The number of nitrogens with one attached hydrogen (secondary N) is 2. The minimum Gasteiger partial charge on any atom is -0.379 e. The van der Waals surface area contributed by atoms with E-state index in [-0.39, 0.29) is 0 Å². The number of rotatable bonds is 6. The monoisotopic (exact) mass is 363 g/mol. The van der Waals surface area contributed by atoms with Crippen LogP contribution in [0, 0.1) is 5.92 Å². The van der Waals surface area contributed by atoms with Gasteiger partial charge in [0.25, 0.3) is 0 Å². The first-order valence-electron chi connectivity index (χ1n) is 10.4. The fourth-order valence-corrected chi connectivity index (χ4v) is 5.85. The molecule has 4 rings (SSSR count). The Morgan fingerprint density at radius 1 is 1.16 bits per heavy atom. The summed E-state index contributed by atoms with van der Waals surface area (Å²) in [4.78, 5) is 4.95. The zero-order valence-electron chi connectivity index (χ0n) is 15.3. The minimum absolute atomic E-state index is 0.548. The molecule has 3 aliphatic rings. The smallest absolute Gasteiger partial charge is 0.0941 e. The van der Waals surface area contributed by atoms with Crippen molar-refractivity contribution in [2.75, 3.05) is 26.3 Å². The van der Waals surface area contributed by atoms with Gasteiger partial charge >= 0.3 is 0 Å². The molecule has 0 radical (unpaired) electrons. The minimum atomic E-state index is 0.548. The van der Waals surface area contributed by atoms with E-state index in [2.05, 4.69) is 16.0 Å². The Balaban J connectivity index is 1.24. The van der Waals surface area contributed by atoms with Crippen molar-refractivity contribution in [3.63, 3.8) is 0 Å². The van der Waals surface area contributed by atoms with Crippen LogP contribution in [0.2, 0.25) is 0 Å². The van der Waals surface area contributed by atoms with Crippen LogP contribution in [-0.2, 0) is 11.2 Å². The molecule has 0 spiro atoms. The SMILES string of the molecule is c1sc(CCNC2CCCC2C2COCCN2)nc1C1CCCCC1. The Labute approximate surface area is 156 Å². The third-order valence-electron chi connectivity index (χ3n) is 6.37. The fraction of sp³-hybridized carbons (Fsp3) is 0.850. The number of thiazole rings is 1. The highest BCUT2D eigenvalue weighted by atomic mass is 32.1. The second-order valence-corrected chi connectivity index (χ2v) is 8.98. The first-order chi connectivity index (χ1) is 12.4. The molecule has 2 aliphatic carbocycles. The number of hydrogen-bond donors (Lipinski definition) is 2. The van der Waals surface area contributed by atoms with Gasteiger partial charge in [0.15, 0.2) is 0 Å². The van der Waals surface area contributed by atoms with E-state index in [0.29, 0.717) is 12.1 Å². The van der Waals surface area contributed by atoms with E-state index < -0.39 is 0 Å². The normalized spacial score (nSPS) is 31.4. The van der Waals surface area contributed by atoms with Gasteiger partial charge in [0, 0.05) is 42.9 Å². The second-order valence-electron chi connectivity index (χ2n) is 8.04. The Morgan fingerprint density at radius 3 is 2.92 bits per heavy atom. The van der Waals surface area contributed by atoms with Gasteiger partial charge < -0.3 is 15.4 Å². The number of hydrogen-bond acceptors (Lipinski definition) is 5. The topological polar surface area (TPSA) is 46.2 Å². The molecule has 1 aliphatic heterocycles. The summed E-state index contributed by atoms with van der Waals surface area (Å²) in [6.45, 7) is 3.83. The molecule has 0 amide bonds. The van der Waals surface area contributed by atoms with Gasteiger partial charge in [-0.05, 0) is 31.6 Å². The maximum absolute atomic E-state index is 5.68. The van der Waals surface area contributed by atoms with Gasteiger partial charge in [-0.3, -0.25) is 0 Å². The molecule has 2 heterocycles. The van der Waals surface area contributed by atoms with Gasteiger partial charge in [-0.2, -0.15) is 0 Å². The van der Waals surface area contributed by atoms with Gasteiger partial charge in [-0.25, -0.2) is 4.98 Å². The Kier molecular flexibility index (Phi) is 6.40. The van der Waals surface area contributed by atoms with E-state index >= 15 is 0 Å². The first-order valence-corrected chi connectivity index (χ1v) is 11.3. The van der Waals surface area contributed by atoms with Crippen molar-refractivity contribution in [3.8, 4) is 0 Å². The molecule has 25 heavy (non-hydrogen) atoms. The van der Waals surface area contributed by atoms with Crippen molar-refractivity contribution in [1.82, 2.24) is 15.6 Å². The molecule has 5 heteroatoms. The summed E-state index contributed by atoms with van der Waals surface area (Å²) in [6.07, 6.45) is 12.0. The lowest BCUT2D eigenvalue weighted by Crippen LogP contribution is -2.51. The van der Waals surface area contributed by atoms with Gasteiger partial charge in [0.2, 0.25) is 0 Å². The highest BCUT2D eigenvalue weighted by Gasteiger charge is 2.34. The van der Waals surface area contributed by atoms with Crippen LogP contribution in [0.5, 0.6) is 0 Å². The summed E-state index contributed by atoms with van der Waals surface area (Å²) in [5.41, 5.74) is 1.38. The molecule has 3 fully saturated rings. The van der Waals surface area contributed by atoms with Crippen molar-refractivity contribution in [2.45, 2.75) is 75.8 Å². The summed E-state index contributed by atoms with van der Waals surface area (Å²) < 4.78 is 5.68. The first kappa shape index (κ1) is 17.9. The second kappa shape index (κ2) is 8.94. The number of morpholine rings is 1. The van der Waals surface area contributed by atoms with Crippen LogP contribution >= 0.6 is 11.3 Å². The fourth-order valence-electron chi connectivity index (χ4n) is 4.97. The van der Waals surface area contributed by atoms with Crippen molar-refractivity contribution in [2.24, 2.45) is 5.92 Å². The molecule has 2 N–H and O–H groups in total. The number of nitrogens with zero attached hydrogens (tertiary/aromatic N) is 1. The van der Waals surface area contributed by atoms with Crippen LogP contribution in [0.25, 0.3) is 0 Å². The predicted molar refractivity (Wildman–Crippen MR) is 103 cm³/mol. The largest absolute Gasteiger partial charge is 0.379 e. The zero-order chi connectivity index (χ0) is 16.9. The number of ether oxygens (including phenoxy) is 1. The average molecular weight is 364 g/mol. The van der Waals surface area contributed by atoms with Crippen molar-refractivity contribution in [1.29, 1.82) is 0 Å². The maximum atomic E-state index is 5.68. The Bertz CT molecular complexity index is 523. The third-order valence-corrected chi connectivity index (χ3v) is 7.30. The highest BCUT2D eigenvalue weighted by molar-refractivity contribution is 7.09. The molecular formula is C20H33N3OS. The molecule has 1 saturated heterocycles. The molecule has 140 valence electrons. The third kappa shape index (κ3) is 4.62. The molecule has 2 saturated carbocycles. The van der Waals surface area contributed by atoms with Crippen LogP contribution in [0.4, 0.5) is 0 Å². The Hall–Kier alpha value is -0.490. The van der Waals surface area contributed by atoms with Crippen molar-refractivity contribution >= 4 is 11.3 Å². The average Bonchev–Trinajstić information content (AvgIpc) is 3.33. The van der Waals surface area contributed by atoms with Crippen LogP contribution in [0.15, 0.2) is 5.38 Å². The van der Waals surface area contributed by atoms with Crippen LogP contribution in [-0.4, -0.2) is 43.4 Å². The molecule has 4 nitrogen and oxygen atoms in total. The van der Waals surface area contributed by atoms with Gasteiger partial charge in [-0.1, -0.05) is 25.7 Å². The summed E-state index contributed by atoms with van der Waals surface area (Å²) in [5.74, 6) is 1.47. The molecular weight excluding hydrogens is 330 g/mol. The maximum Gasteiger partial charge on any atom is 0.0941 e. The predicted octanol–water partition coefficient (Wildman–Crippen LogP) is 3.48. The molecule has 0 bridgehead atoms. The lowest BCUT2D eigenvalue weighted by atomic mass is 9.87. The summed E-state index contributed by atoms with van der Waals surface area (Å²) in [7, 11) is 0. The van der Waals surface area contributed by atoms with Gasteiger partial charge in [0.05, 0.1) is 23.9 Å².